The molecule has 1 saturated heterocycles. The molecule has 1 aromatic carbocycles. The maximum atomic E-state index is 13.8. The normalized spacial score (nSPS) is 16.5. The second-order valence-electron chi connectivity index (χ2n) is 10.6. The Morgan fingerprint density at radius 2 is 1.93 bits per heavy atom. The molecule has 0 unspecified atom stereocenters. The Balaban J connectivity index is 1.26. The van der Waals surface area contributed by atoms with Crippen LogP contribution in [0.15, 0.2) is 55.2 Å². The summed E-state index contributed by atoms with van der Waals surface area (Å²) in [6, 6.07) is 8.45. The summed E-state index contributed by atoms with van der Waals surface area (Å²) in [5, 5.41) is 2.97. The topological polar surface area (TPSA) is 92.1 Å². The number of pyridine rings is 1. The SMILES string of the molecule is CN(C)CCn1cc(-c2ccc(F)c(Cl)c2)nc1C1CCN(c2ncnc3c2/C(=C/c2ccncc2)C(=O)N3)CC1. The molecular formula is C30H30ClFN8O. The molecule has 1 fully saturated rings. The number of likely N-dealkylation sites (N-methyl/N-ethyl adjacent to an activating group) is 1. The van der Waals surface area contributed by atoms with Crippen LogP contribution in [-0.2, 0) is 11.3 Å². The van der Waals surface area contributed by atoms with Crippen LogP contribution in [0.3, 0.4) is 0 Å². The largest absolute Gasteiger partial charge is 0.356 e. The molecule has 6 rings (SSSR count). The standard InChI is InChI=1S/C30H30ClFN8O/c1-38(2)13-14-40-17-25(21-3-4-24(32)23(31)16-21)36-28(40)20-7-11-39(12-8-20)29-26-22(15-19-5-9-33-10-6-19)30(41)37-27(26)34-18-35-29/h3-6,9-10,15-18,20H,7-8,11-14H2,1-2H3,(H,34,35,37,41)/b22-15-. The van der Waals surface area contributed by atoms with E-state index < -0.39 is 5.82 Å². The molecule has 0 radical (unpaired) electrons. The van der Waals surface area contributed by atoms with Gasteiger partial charge in [0, 0.05) is 56.3 Å². The average Bonchev–Trinajstić information content (AvgIpc) is 3.55. The number of rotatable bonds is 7. The van der Waals surface area contributed by atoms with E-state index in [9.17, 15) is 9.18 Å². The maximum absolute atomic E-state index is 13.8. The molecular weight excluding hydrogens is 543 g/mol. The van der Waals surface area contributed by atoms with Crippen LogP contribution in [0.2, 0.25) is 5.02 Å². The lowest BCUT2D eigenvalue weighted by Crippen LogP contribution is -2.35. The van der Waals surface area contributed by atoms with Gasteiger partial charge in [0.1, 0.15) is 29.6 Å². The van der Waals surface area contributed by atoms with Crippen molar-refractivity contribution < 1.29 is 9.18 Å². The van der Waals surface area contributed by atoms with Gasteiger partial charge in [0.15, 0.2) is 0 Å². The second-order valence-corrected chi connectivity index (χ2v) is 11.0. The first-order valence-corrected chi connectivity index (χ1v) is 14.0. The number of amides is 1. The van der Waals surface area contributed by atoms with Crippen molar-refractivity contribution in [3.63, 3.8) is 0 Å². The van der Waals surface area contributed by atoms with E-state index in [1.807, 2.05) is 38.5 Å². The Labute approximate surface area is 242 Å². The lowest BCUT2D eigenvalue weighted by Gasteiger charge is -2.33. The van der Waals surface area contributed by atoms with E-state index in [2.05, 4.69) is 34.6 Å². The van der Waals surface area contributed by atoms with E-state index in [0.717, 1.165) is 73.0 Å². The average molecular weight is 573 g/mol. The summed E-state index contributed by atoms with van der Waals surface area (Å²) >= 11 is 6.08. The molecule has 4 aromatic rings. The first-order valence-electron chi connectivity index (χ1n) is 13.6. The molecule has 0 spiro atoms. The third-order valence-electron chi connectivity index (χ3n) is 7.56. The van der Waals surface area contributed by atoms with Crippen molar-refractivity contribution in [2.45, 2.75) is 25.3 Å². The quantitative estimate of drug-likeness (QED) is 0.313. The molecule has 2 aliphatic rings. The number of anilines is 2. The number of carbonyl (C=O) groups excluding carboxylic acids is 1. The van der Waals surface area contributed by atoms with Gasteiger partial charge in [-0.15, -0.1) is 0 Å². The maximum Gasteiger partial charge on any atom is 0.257 e. The Bertz CT molecular complexity index is 1610. The number of halogens is 2. The third-order valence-corrected chi connectivity index (χ3v) is 7.85. The van der Waals surface area contributed by atoms with E-state index in [0.29, 0.717) is 11.4 Å². The summed E-state index contributed by atoms with van der Waals surface area (Å²) in [6.07, 6.45) is 10.5. The van der Waals surface area contributed by atoms with E-state index in [-0.39, 0.29) is 16.8 Å². The zero-order valence-corrected chi connectivity index (χ0v) is 23.6. The summed E-state index contributed by atoms with van der Waals surface area (Å²) in [5.41, 5.74) is 3.74. The van der Waals surface area contributed by atoms with Crippen molar-refractivity contribution in [3.05, 3.63) is 83.0 Å². The van der Waals surface area contributed by atoms with Crippen molar-refractivity contribution in [2.24, 2.45) is 0 Å². The number of imidazole rings is 1. The fraction of sp³-hybridized carbons (Fsp3) is 0.300. The minimum absolute atomic E-state index is 0.0860. The van der Waals surface area contributed by atoms with Gasteiger partial charge < -0.3 is 19.7 Å². The highest BCUT2D eigenvalue weighted by molar-refractivity contribution is 6.35. The van der Waals surface area contributed by atoms with E-state index in [1.165, 1.54) is 12.4 Å². The van der Waals surface area contributed by atoms with E-state index in [1.54, 1.807) is 24.5 Å². The zero-order valence-electron chi connectivity index (χ0n) is 22.9. The summed E-state index contributed by atoms with van der Waals surface area (Å²) in [7, 11) is 4.10. The molecule has 11 heteroatoms. The van der Waals surface area contributed by atoms with Crippen molar-refractivity contribution in [1.82, 2.24) is 29.4 Å². The van der Waals surface area contributed by atoms with Crippen LogP contribution in [0.4, 0.5) is 16.0 Å². The van der Waals surface area contributed by atoms with Gasteiger partial charge in [-0.1, -0.05) is 11.6 Å². The van der Waals surface area contributed by atoms with Crippen molar-refractivity contribution >= 4 is 40.8 Å². The van der Waals surface area contributed by atoms with Gasteiger partial charge in [-0.3, -0.25) is 9.78 Å². The molecule has 5 heterocycles. The number of carbonyl (C=O) groups is 1. The molecule has 0 bridgehead atoms. The number of fused-ring (bicyclic) bond motifs is 1. The van der Waals surface area contributed by atoms with Crippen LogP contribution in [0.1, 0.15) is 35.7 Å². The summed E-state index contributed by atoms with van der Waals surface area (Å²) in [4.78, 5) is 35.3. The van der Waals surface area contributed by atoms with Crippen LogP contribution < -0.4 is 10.2 Å². The van der Waals surface area contributed by atoms with Gasteiger partial charge in [-0.05, 0) is 68.9 Å². The van der Waals surface area contributed by atoms with Gasteiger partial charge >= 0.3 is 0 Å². The van der Waals surface area contributed by atoms with Crippen LogP contribution in [-0.4, -0.2) is 69.0 Å². The number of aromatic nitrogens is 5. The highest BCUT2D eigenvalue weighted by Gasteiger charge is 2.33. The lowest BCUT2D eigenvalue weighted by molar-refractivity contribution is -0.110. The summed E-state index contributed by atoms with van der Waals surface area (Å²) in [6.45, 7) is 3.17. The number of hydrogen-bond donors (Lipinski definition) is 1. The van der Waals surface area contributed by atoms with Crippen molar-refractivity contribution in [3.8, 4) is 11.3 Å². The number of nitrogens with one attached hydrogen (secondary N) is 1. The number of piperidine rings is 1. The molecule has 1 amide bonds. The molecule has 2 aliphatic heterocycles. The number of nitrogens with zero attached hydrogens (tertiary/aromatic N) is 7. The minimum atomic E-state index is -0.443. The lowest BCUT2D eigenvalue weighted by atomic mass is 9.95. The first-order chi connectivity index (χ1) is 19.9. The molecule has 210 valence electrons. The van der Waals surface area contributed by atoms with Gasteiger partial charge in [-0.25, -0.2) is 19.3 Å². The molecule has 0 atom stereocenters. The molecule has 1 N–H and O–H groups in total. The third kappa shape index (κ3) is 5.57. The highest BCUT2D eigenvalue weighted by atomic mass is 35.5. The second kappa shape index (κ2) is 11.4. The van der Waals surface area contributed by atoms with Crippen LogP contribution in [0.25, 0.3) is 22.9 Å². The van der Waals surface area contributed by atoms with Crippen LogP contribution >= 0.6 is 11.6 Å². The van der Waals surface area contributed by atoms with E-state index >= 15 is 0 Å². The molecule has 9 nitrogen and oxygen atoms in total. The predicted molar refractivity (Wildman–Crippen MR) is 158 cm³/mol. The van der Waals surface area contributed by atoms with Gasteiger partial charge in [0.05, 0.1) is 21.9 Å². The Morgan fingerprint density at radius 3 is 2.66 bits per heavy atom. The monoisotopic (exact) mass is 572 g/mol. The molecule has 0 aliphatic carbocycles. The Kier molecular flexibility index (Phi) is 7.51. The van der Waals surface area contributed by atoms with Crippen molar-refractivity contribution in [1.29, 1.82) is 0 Å². The summed E-state index contributed by atoms with van der Waals surface area (Å²) < 4.78 is 16.0. The molecule has 41 heavy (non-hydrogen) atoms. The van der Waals surface area contributed by atoms with Gasteiger partial charge in [0.25, 0.3) is 5.91 Å². The molecule has 0 saturated carbocycles. The summed E-state index contributed by atoms with van der Waals surface area (Å²) in [5.74, 6) is 1.91. The van der Waals surface area contributed by atoms with Gasteiger partial charge in [0.2, 0.25) is 0 Å². The van der Waals surface area contributed by atoms with Crippen LogP contribution in [0, 0.1) is 5.82 Å². The highest BCUT2D eigenvalue weighted by Crippen LogP contribution is 2.40. The number of benzene rings is 1. The van der Waals surface area contributed by atoms with Crippen molar-refractivity contribution in [2.75, 3.05) is 43.9 Å². The number of hydrogen-bond acceptors (Lipinski definition) is 7. The van der Waals surface area contributed by atoms with E-state index in [4.69, 9.17) is 16.6 Å². The fourth-order valence-electron chi connectivity index (χ4n) is 5.40. The Hall–Kier alpha value is -4.15. The zero-order chi connectivity index (χ0) is 28.5. The smallest absolute Gasteiger partial charge is 0.257 e. The van der Waals surface area contributed by atoms with Gasteiger partial charge in [-0.2, -0.15) is 0 Å². The first kappa shape index (κ1) is 27.0. The predicted octanol–water partition coefficient (Wildman–Crippen LogP) is 4.97. The molecule has 3 aromatic heterocycles. The fourth-order valence-corrected chi connectivity index (χ4v) is 5.58. The van der Waals surface area contributed by atoms with Crippen LogP contribution in [0.5, 0.6) is 0 Å². The Morgan fingerprint density at radius 1 is 1.15 bits per heavy atom. The minimum Gasteiger partial charge on any atom is -0.356 e.